The molecule has 0 aliphatic rings. The largest absolute Gasteiger partial charge is 0.496 e. The average Bonchev–Trinajstić information content (AvgIpc) is 2.47. The molecule has 0 aromatic heterocycles. The standard InChI is InChI=1S/C15H25N3OS/c1-11-6-7-13(14(8-11)19-4)10-18-15(16-3)17-9-12(2)20-5/h6-8,12H,9-10H2,1-5H3,(H2,16,17,18). The highest BCUT2D eigenvalue weighted by Gasteiger charge is 2.05. The lowest BCUT2D eigenvalue weighted by atomic mass is 10.1. The van der Waals surface area contributed by atoms with E-state index in [9.17, 15) is 0 Å². The molecule has 2 N–H and O–H groups in total. The smallest absolute Gasteiger partial charge is 0.191 e. The van der Waals surface area contributed by atoms with Crippen LogP contribution in [-0.2, 0) is 6.54 Å². The number of hydrogen-bond acceptors (Lipinski definition) is 3. The van der Waals surface area contributed by atoms with Crippen molar-refractivity contribution in [3.8, 4) is 5.75 Å². The summed E-state index contributed by atoms with van der Waals surface area (Å²) in [6, 6.07) is 6.22. The van der Waals surface area contributed by atoms with E-state index in [0.717, 1.165) is 23.8 Å². The van der Waals surface area contributed by atoms with Gasteiger partial charge in [-0.3, -0.25) is 4.99 Å². The molecule has 1 aromatic carbocycles. The predicted molar refractivity (Wildman–Crippen MR) is 88.9 cm³/mol. The van der Waals surface area contributed by atoms with Gasteiger partial charge in [-0.1, -0.05) is 19.1 Å². The third-order valence-electron chi connectivity index (χ3n) is 3.07. The molecule has 1 aromatic rings. The summed E-state index contributed by atoms with van der Waals surface area (Å²) in [5.41, 5.74) is 2.32. The van der Waals surface area contributed by atoms with Crippen molar-refractivity contribution in [2.75, 3.05) is 27.0 Å². The first-order chi connectivity index (χ1) is 9.60. The van der Waals surface area contributed by atoms with Crippen molar-refractivity contribution in [3.05, 3.63) is 29.3 Å². The fraction of sp³-hybridized carbons (Fsp3) is 0.533. The fourth-order valence-electron chi connectivity index (χ4n) is 1.72. The lowest BCUT2D eigenvalue weighted by Gasteiger charge is -2.16. The molecule has 0 heterocycles. The van der Waals surface area contributed by atoms with Crippen LogP contribution in [0, 0.1) is 6.92 Å². The van der Waals surface area contributed by atoms with Crippen molar-refractivity contribution < 1.29 is 4.74 Å². The first kappa shape index (κ1) is 16.7. The molecule has 5 heteroatoms. The molecule has 0 radical (unpaired) electrons. The molecule has 0 fully saturated rings. The molecule has 0 saturated carbocycles. The van der Waals surface area contributed by atoms with Gasteiger partial charge in [-0.15, -0.1) is 0 Å². The molecule has 0 aliphatic heterocycles. The quantitative estimate of drug-likeness (QED) is 0.625. The van der Waals surface area contributed by atoms with Gasteiger partial charge in [0.25, 0.3) is 0 Å². The second-order valence-corrected chi connectivity index (χ2v) is 5.94. The van der Waals surface area contributed by atoms with E-state index in [1.807, 2.05) is 17.8 Å². The summed E-state index contributed by atoms with van der Waals surface area (Å²) >= 11 is 1.83. The van der Waals surface area contributed by atoms with Crippen molar-refractivity contribution in [2.24, 2.45) is 4.99 Å². The van der Waals surface area contributed by atoms with Crippen molar-refractivity contribution in [1.82, 2.24) is 10.6 Å². The highest BCUT2D eigenvalue weighted by Crippen LogP contribution is 2.19. The minimum atomic E-state index is 0.558. The van der Waals surface area contributed by atoms with Crippen LogP contribution in [0.2, 0.25) is 0 Å². The Morgan fingerprint density at radius 3 is 2.75 bits per heavy atom. The summed E-state index contributed by atoms with van der Waals surface area (Å²) in [7, 11) is 3.48. The molecular formula is C15H25N3OS. The van der Waals surface area contributed by atoms with E-state index in [1.54, 1.807) is 14.2 Å². The van der Waals surface area contributed by atoms with E-state index < -0.39 is 0 Å². The number of nitrogens with one attached hydrogen (secondary N) is 2. The van der Waals surface area contributed by atoms with Gasteiger partial charge in [-0.05, 0) is 24.8 Å². The average molecular weight is 295 g/mol. The van der Waals surface area contributed by atoms with E-state index in [-0.39, 0.29) is 0 Å². The Morgan fingerprint density at radius 2 is 2.15 bits per heavy atom. The number of nitrogens with zero attached hydrogens (tertiary/aromatic N) is 1. The summed E-state index contributed by atoms with van der Waals surface area (Å²) in [4.78, 5) is 4.23. The highest BCUT2D eigenvalue weighted by atomic mass is 32.2. The van der Waals surface area contributed by atoms with E-state index in [2.05, 4.69) is 47.9 Å². The van der Waals surface area contributed by atoms with Crippen LogP contribution < -0.4 is 15.4 Å². The number of guanidine groups is 1. The van der Waals surface area contributed by atoms with Gasteiger partial charge < -0.3 is 15.4 Å². The van der Waals surface area contributed by atoms with Crippen molar-refractivity contribution in [1.29, 1.82) is 0 Å². The van der Waals surface area contributed by atoms with E-state index in [0.29, 0.717) is 11.8 Å². The second kappa shape index (κ2) is 8.74. The van der Waals surface area contributed by atoms with Gasteiger partial charge in [0.05, 0.1) is 7.11 Å². The van der Waals surface area contributed by atoms with Gasteiger partial charge in [-0.25, -0.2) is 0 Å². The minimum Gasteiger partial charge on any atom is -0.496 e. The number of ether oxygens (including phenoxy) is 1. The summed E-state index contributed by atoms with van der Waals surface area (Å²) in [6.07, 6.45) is 2.11. The van der Waals surface area contributed by atoms with Crippen LogP contribution in [0.15, 0.2) is 23.2 Å². The van der Waals surface area contributed by atoms with Crippen LogP contribution in [-0.4, -0.2) is 38.2 Å². The number of thioether (sulfide) groups is 1. The SMILES string of the molecule is CN=C(NCc1ccc(C)cc1OC)NCC(C)SC. The molecule has 112 valence electrons. The first-order valence-electron chi connectivity index (χ1n) is 6.71. The zero-order valence-corrected chi connectivity index (χ0v) is 13.8. The Bertz CT molecular complexity index is 449. The van der Waals surface area contributed by atoms with E-state index in [1.165, 1.54) is 5.56 Å². The Morgan fingerprint density at radius 1 is 1.40 bits per heavy atom. The van der Waals surface area contributed by atoms with Crippen LogP contribution >= 0.6 is 11.8 Å². The third-order valence-corrected chi connectivity index (χ3v) is 4.04. The van der Waals surface area contributed by atoms with Crippen LogP contribution in [0.1, 0.15) is 18.1 Å². The molecule has 0 amide bonds. The van der Waals surface area contributed by atoms with Crippen LogP contribution in [0.25, 0.3) is 0 Å². The molecule has 1 unspecified atom stereocenters. The Balaban J connectivity index is 2.56. The Hall–Kier alpha value is -1.36. The maximum atomic E-state index is 5.40. The molecule has 1 rings (SSSR count). The third kappa shape index (κ3) is 5.33. The van der Waals surface area contributed by atoms with Crippen LogP contribution in [0.4, 0.5) is 0 Å². The summed E-state index contributed by atoms with van der Waals surface area (Å²) in [5.74, 6) is 1.72. The van der Waals surface area contributed by atoms with Gasteiger partial charge in [0.2, 0.25) is 0 Å². The molecule has 0 saturated heterocycles. The number of hydrogen-bond donors (Lipinski definition) is 2. The monoisotopic (exact) mass is 295 g/mol. The van der Waals surface area contributed by atoms with Gasteiger partial charge in [0.1, 0.15) is 5.75 Å². The molecule has 4 nitrogen and oxygen atoms in total. The van der Waals surface area contributed by atoms with Gasteiger partial charge >= 0.3 is 0 Å². The normalized spacial score (nSPS) is 12.9. The summed E-state index contributed by atoms with van der Waals surface area (Å²) < 4.78 is 5.40. The minimum absolute atomic E-state index is 0.558. The number of methoxy groups -OCH3 is 1. The van der Waals surface area contributed by atoms with Gasteiger partial charge in [-0.2, -0.15) is 11.8 Å². The maximum absolute atomic E-state index is 5.40. The zero-order chi connectivity index (χ0) is 15.0. The Labute approximate surface area is 126 Å². The lowest BCUT2D eigenvalue weighted by Crippen LogP contribution is -2.39. The lowest BCUT2D eigenvalue weighted by molar-refractivity contribution is 0.408. The fourth-order valence-corrected chi connectivity index (χ4v) is 1.97. The predicted octanol–water partition coefficient (Wildman–Crippen LogP) is 2.42. The molecule has 20 heavy (non-hydrogen) atoms. The molecular weight excluding hydrogens is 270 g/mol. The summed E-state index contributed by atoms with van der Waals surface area (Å²) in [6.45, 7) is 5.83. The highest BCUT2D eigenvalue weighted by molar-refractivity contribution is 7.99. The van der Waals surface area contributed by atoms with Gasteiger partial charge in [0.15, 0.2) is 5.96 Å². The Kier molecular flexibility index (Phi) is 7.30. The number of aliphatic imine (C=N–C) groups is 1. The molecule has 0 aliphatic carbocycles. The van der Waals surface area contributed by atoms with Crippen molar-refractivity contribution in [3.63, 3.8) is 0 Å². The zero-order valence-electron chi connectivity index (χ0n) is 13.0. The topological polar surface area (TPSA) is 45.7 Å². The van der Waals surface area contributed by atoms with Crippen LogP contribution in [0.5, 0.6) is 5.75 Å². The van der Waals surface area contributed by atoms with Crippen molar-refractivity contribution in [2.45, 2.75) is 25.6 Å². The maximum Gasteiger partial charge on any atom is 0.191 e. The first-order valence-corrected chi connectivity index (χ1v) is 8.00. The van der Waals surface area contributed by atoms with Gasteiger partial charge in [0, 0.05) is 31.0 Å². The molecule has 0 spiro atoms. The van der Waals surface area contributed by atoms with Crippen molar-refractivity contribution >= 4 is 17.7 Å². The molecule has 0 bridgehead atoms. The number of aryl methyl sites for hydroxylation is 1. The number of rotatable bonds is 6. The van der Waals surface area contributed by atoms with Crippen LogP contribution in [0.3, 0.4) is 0 Å². The summed E-state index contributed by atoms with van der Waals surface area (Å²) in [5, 5.41) is 7.18. The number of benzene rings is 1. The molecule has 1 atom stereocenters. The second-order valence-electron chi connectivity index (χ2n) is 4.67. The van der Waals surface area contributed by atoms with E-state index in [4.69, 9.17) is 4.74 Å². The van der Waals surface area contributed by atoms with E-state index >= 15 is 0 Å².